The van der Waals surface area contributed by atoms with Gasteiger partial charge in [-0.05, 0) is 59.5 Å². The Kier molecular flexibility index (Phi) is 5.87. The molecule has 0 aromatic heterocycles. The summed E-state index contributed by atoms with van der Waals surface area (Å²) in [5.41, 5.74) is 0.391. The van der Waals surface area contributed by atoms with E-state index in [-0.39, 0.29) is 11.8 Å². The summed E-state index contributed by atoms with van der Waals surface area (Å²) < 4.78 is 0.855. The number of aliphatic carboxylic acids is 1. The van der Waals surface area contributed by atoms with E-state index in [1.165, 1.54) is 0 Å². The minimum Gasteiger partial charge on any atom is -0.480 e. The van der Waals surface area contributed by atoms with Crippen molar-refractivity contribution < 1.29 is 14.7 Å². The predicted octanol–water partition coefficient (Wildman–Crippen LogP) is 3.71. The zero-order chi connectivity index (χ0) is 15.4. The van der Waals surface area contributed by atoms with E-state index < -0.39 is 12.0 Å². The Morgan fingerprint density at radius 3 is 2.52 bits per heavy atom. The molecule has 4 nitrogen and oxygen atoms in total. The normalized spacial score (nSPS) is 17.2. The van der Waals surface area contributed by atoms with Gasteiger partial charge in [-0.3, -0.25) is 4.79 Å². The zero-order valence-corrected chi connectivity index (χ0v) is 14.4. The van der Waals surface area contributed by atoms with E-state index in [4.69, 9.17) is 11.6 Å². The Morgan fingerprint density at radius 2 is 1.95 bits per heavy atom. The molecule has 1 aromatic rings. The van der Waals surface area contributed by atoms with Crippen LogP contribution >= 0.6 is 34.2 Å². The zero-order valence-electron chi connectivity index (χ0n) is 11.4. The van der Waals surface area contributed by atoms with Crippen molar-refractivity contribution in [2.24, 2.45) is 5.92 Å². The molecule has 1 amide bonds. The third-order valence-electron chi connectivity index (χ3n) is 3.86. The maximum Gasteiger partial charge on any atom is 0.326 e. The molecule has 1 fully saturated rings. The SMILES string of the molecule is O=C(NC(C(=O)O)C1CCCCC1)c1ccc(I)c(Cl)c1. The van der Waals surface area contributed by atoms with Gasteiger partial charge < -0.3 is 10.4 Å². The number of hydrogen-bond donors (Lipinski definition) is 2. The van der Waals surface area contributed by atoms with Crippen LogP contribution in [0, 0.1) is 9.49 Å². The van der Waals surface area contributed by atoms with Crippen molar-refractivity contribution in [3.63, 3.8) is 0 Å². The Morgan fingerprint density at radius 1 is 1.29 bits per heavy atom. The van der Waals surface area contributed by atoms with Gasteiger partial charge in [-0.1, -0.05) is 30.9 Å². The number of carbonyl (C=O) groups is 2. The van der Waals surface area contributed by atoms with Crippen LogP contribution in [0.1, 0.15) is 42.5 Å². The van der Waals surface area contributed by atoms with Crippen LogP contribution in [0.5, 0.6) is 0 Å². The third-order valence-corrected chi connectivity index (χ3v) is 5.43. The van der Waals surface area contributed by atoms with Gasteiger partial charge in [-0.15, -0.1) is 0 Å². The Labute approximate surface area is 142 Å². The topological polar surface area (TPSA) is 66.4 Å². The Bertz CT molecular complexity index is 544. The largest absolute Gasteiger partial charge is 0.480 e. The number of amides is 1. The highest BCUT2D eigenvalue weighted by Gasteiger charge is 2.30. The first-order valence-corrected chi connectivity index (χ1v) is 8.43. The molecule has 0 spiro atoms. The molecule has 6 heteroatoms. The van der Waals surface area contributed by atoms with Crippen molar-refractivity contribution in [3.8, 4) is 0 Å². The van der Waals surface area contributed by atoms with Gasteiger partial charge in [-0.25, -0.2) is 4.79 Å². The Hall–Kier alpha value is -0.820. The van der Waals surface area contributed by atoms with E-state index in [2.05, 4.69) is 27.9 Å². The minimum absolute atomic E-state index is 0.0134. The fraction of sp³-hybridized carbons (Fsp3) is 0.467. The molecule has 0 radical (unpaired) electrons. The van der Waals surface area contributed by atoms with Crippen LogP contribution < -0.4 is 5.32 Å². The summed E-state index contributed by atoms with van der Waals surface area (Å²) in [4.78, 5) is 23.7. The summed E-state index contributed by atoms with van der Waals surface area (Å²) in [5, 5.41) is 12.5. The Balaban J connectivity index is 2.10. The molecule has 114 valence electrons. The lowest BCUT2D eigenvalue weighted by molar-refractivity contribution is -0.141. The van der Waals surface area contributed by atoms with Gasteiger partial charge >= 0.3 is 5.97 Å². The second-order valence-electron chi connectivity index (χ2n) is 5.32. The van der Waals surface area contributed by atoms with Gasteiger partial charge in [0.15, 0.2) is 0 Å². The van der Waals surface area contributed by atoms with Crippen molar-refractivity contribution in [3.05, 3.63) is 32.4 Å². The van der Waals surface area contributed by atoms with Gasteiger partial charge in [0.1, 0.15) is 6.04 Å². The molecular weight excluding hydrogens is 405 g/mol. The van der Waals surface area contributed by atoms with Crippen LogP contribution in [0.3, 0.4) is 0 Å². The molecule has 1 saturated carbocycles. The number of rotatable bonds is 4. The lowest BCUT2D eigenvalue weighted by atomic mass is 9.84. The summed E-state index contributed by atoms with van der Waals surface area (Å²) in [6.07, 6.45) is 4.90. The summed E-state index contributed by atoms with van der Waals surface area (Å²) >= 11 is 8.08. The standard InChI is InChI=1S/C15H17ClINO3/c16-11-8-10(6-7-12(11)17)14(19)18-13(15(20)21)9-4-2-1-3-5-9/h6-9,13H,1-5H2,(H,18,19)(H,20,21). The van der Waals surface area contributed by atoms with Crippen molar-refractivity contribution >= 4 is 46.1 Å². The number of benzene rings is 1. The molecule has 2 N–H and O–H groups in total. The lowest BCUT2D eigenvalue weighted by Gasteiger charge is -2.28. The van der Waals surface area contributed by atoms with Crippen molar-refractivity contribution in [1.29, 1.82) is 0 Å². The molecule has 0 saturated heterocycles. The monoisotopic (exact) mass is 421 g/mol. The number of halogens is 2. The molecule has 1 atom stereocenters. The van der Waals surface area contributed by atoms with Crippen LogP contribution in [-0.4, -0.2) is 23.0 Å². The fourth-order valence-corrected chi connectivity index (χ4v) is 3.23. The summed E-state index contributed by atoms with van der Waals surface area (Å²) in [6, 6.07) is 4.14. The highest BCUT2D eigenvalue weighted by Crippen LogP contribution is 2.27. The first kappa shape index (κ1) is 16.5. The molecule has 1 aliphatic rings. The highest BCUT2D eigenvalue weighted by atomic mass is 127. The number of carbonyl (C=O) groups excluding carboxylic acids is 1. The predicted molar refractivity (Wildman–Crippen MR) is 89.6 cm³/mol. The maximum atomic E-state index is 12.2. The second kappa shape index (κ2) is 7.45. The highest BCUT2D eigenvalue weighted by molar-refractivity contribution is 14.1. The van der Waals surface area contributed by atoms with Gasteiger partial charge in [0.05, 0.1) is 5.02 Å². The minimum atomic E-state index is -0.966. The average Bonchev–Trinajstić information content (AvgIpc) is 2.48. The molecule has 1 unspecified atom stereocenters. The third kappa shape index (κ3) is 4.32. The van der Waals surface area contributed by atoms with Gasteiger partial charge in [0, 0.05) is 9.13 Å². The van der Waals surface area contributed by atoms with Crippen molar-refractivity contribution in [2.75, 3.05) is 0 Å². The van der Waals surface area contributed by atoms with E-state index in [9.17, 15) is 14.7 Å². The first-order chi connectivity index (χ1) is 9.99. The molecule has 0 aliphatic heterocycles. The molecule has 2 rings (SSSR count). The second-order valence-corrected chi connectivity index (χ2v) is 6.89. The quantitative estimate of drug-likeness (QED) is 0.729. The average molecular weight is 422 g/mol. The van der Waals surface area contributed by atoms with E-state index in [1.807, 2.05) is 0 Å². The van der Waals surface area contributed by atoms with E-state index in [0.29, 0.717) is 10.6 Å². The number of carboxylic acid groups (broad SMARTS) is 1. The summed E-state index contributed by atoms with van der Waals surface area (Å²) in [6.45, 7) is 0. The molecule has 0 heterocycles. The van der Waals surface area contributed by atoms with E-state index in [1.54, 1.807) is 18.2 Å². The molecular formula is C15H17ClINO3. The molecule has 1 aromatic carbocycles. The number of hydrogen-bond acceptors (Lipinski definition) is 2. The number of carboxylic acids is 1. The molecule has 21 heavy (non-hydrogen) atoms. The van der Waals surface area contributed by atoms with Gasteiger partial charge in [-0.2, -0.15) is 0 Å². The molecule has 0 bridgehead atoms. The van der Waals surface area contributed by atoms with Crippen LogP contribution in [0.2, 0.25) is 5.02 Å². The van der Waals surface area contributed by atoms with Crippen molar-refractivity contribution in [2.45, 2.75) is 38.1 Å². The summed E-state index contributed by atoms with van der Waals surface area (Å²) in [5.74, 6) is -1.34. The fourth-order valence-electron chi connectivity index (χ4n) is 2.71. The van der Waals surface area contributed by atoms with Gasteiger partial charge in [0.25, 0.3) is 5.91 Å². The molecule has 1 aliphatic carbocycles. The van der Waals surface area contributed by atoms with E-state index >= 15 is 0 Å². The van der Waals surface area contributed by atoms with Crippen LogP contribution in [0.25, 0.3) is 0 Å². The number of nitrogens with one attached hydrogen (secondary N) is 1. The van der Waals surface area contributed by atoms with Crippen LogP contribution in [0.15, 0.2) is 18.2 Å². The first-order valence-electron chi connectivity index (χ1n) is 6.98. The van der Waals surface area contributed by atoms with Crippen molar-refractivity contribution in [1.82, 2.24) is 5.32 Å². The van der Waals surface area contributed by atoms with E-state index in [0.717, 1.165) is 35.7 Å². The van der Waals surface area contributed by atoms with Crippen LogP contribution in [-0.2, 0) is 4.79 Å². The summed E-state index contributed by atoms with van der Waals surface area (Å²) in [7, 11) is 0. The van der Waals surface area contributed by atoms with Crippen LogP contribution in [0.4, 0.5) is 0 Å². The lowest BCUT2D eigenvalue weighted by Crippen LogP contribution is -2.46. The van der Waals surface area contributed by atoms with Gasteiger partial charge in [0.2, 0.25) is 0 Å². The smallest absolute Gasteiger partial charge is 0.326 e. The maximum absolute atomic E-state index is 12.2.